The third-order valence-corrected chi connectivity index (χ3v) is 3.53. The van der Waals surface area contributed by atoms with Gasteiger partial charge in [0, 0.05) is 5.92 Å². The summed E-state index contributed by atoms with van der Waals surface area (Å²) in [6, 6.07) is 0. The topological polar surface area (TPSA) is 52.6 Å². The van der Waals surface area contributed by atoms with E-state index >= 15 is 0 Å². The molecule has 1 aliphatic heterocycles. The number of ether oxygens (including phenoxy) is 2. The third-order valence-electron chi connectivity index (χ3n) is 3.53. The Morgan fingerprint density at radius 2 is 2.19 bits per heavy atom. The van der Waals surface area contributed by atoms with E-state index in [1.165, 1.54) is 0 Å². The highest BCUT2D eigenvalue weighted by Gasteiger charge is 2.46. The molecule has 2 fully saturated rings. The van der Waals surface area contributed by atoms with Crippen molar-refractivity contribution in [3.8, 4) is 0 Å². The first-order valence-corrected chi connectivity index (χ1v) is 6.08. The summed E-state index contributed by atoms with van der Waals surface area (Å²) in [5, 5.41) is 0. The van der Waals surface area contributed by atoms with Gasteiger partial charge in [-0.3, -0.25) is 9.59 Å². The monoisotopic (exact) mass is 226 g/mol. The second-order valence-electron chi connectivity index (χ2n) is 4.54. The lowest BCUT2D eigenvalue weighted by molar-refractivity contribution is -0.151. The number of carbonyl (C=O) groups is 2. The zero-order chi connectivity index (χ0) is 11.5. The van der Waals surface area contributed by atoms with E-state index in [0.717, 1.165) is 25.7 Å². The van der Waals surface area contributed by atoms with Gasteiger partial charge in [0.1, 0.15) is 6.10 Å². The molecule has 2 aliphatic rings. The van der Waals surface area contributed by atoms with Crippen molar-refractivity contribution in [2.75, 3.05) is 6.61 Å². The minimum atomic E-state index is -0.282. The van der Waals surface area contributed by atoms with Gasteiger partial charge in [-0.15, -0.1) is 0 Å². The number of esters is 2. The lowest BCUT2D eigenvalue weighted by Gasteiger charge is -2.24. The minimum Gasteiger partial charge on any atom is -0.466 e. The molecule has 0 spiro atoms. The Hall–Kier alpha value is -1.06. The summed E-state index contributed by atoms with van der Waals surface area (Å²) >= 11 is 0. The molecule has 3 atom stereocenters. The van der Waals surface area contributed by atoms with Gasteiger partial charge in [-0.2, -0.15) is 0 Å². The van der Waals surface area contributed by atoms with Crippen LogP contribution in [0.15, 0.2) is 0 Å². The number of fused-ring (bicyclic) bond motifs is 1. The molecule has 1 saturated heterocycles. The van der Waals surface area contributed by atoms with Gasteiger partial charge in [-0.05, 0) is 26.2 Å². The molecular formula is C12H18O4. The van der Waals surface area contributed by atoms with Crippen LogP contribution >= 0.6 is 0 Å². The molecule has 0 aromatic rings. The average molecular weight is 226 g/mol. The van der Waals surface area contributed by atoms with Crippen molar-refractivity contribution in [1.29, 1.82) is 0 Å². The highest BCUT2D eigenvalue weighted by atomic mass is 16.6. The van der Waals surface area contributed by atoms with Gasteiger partial charge in [0.25, 0.3) is 0 Å². The fourth-order valence-electron chi connectivity index (χ4n) is 2.78. The molecule has 16 heavy (non-hydrogen) atoms. The Morgan fingerprint density at radius 1 is 1.44 bits per heavy atom. The maximum atomic E-state index is 11.7. The van der Waals surface area contributed by atoms with Crippen LogP contribution in [0.3, 0.4) is 0 Å². The summed E-state index contributed by atoms with van der Waals surface area (Å²) in [6.07, 6.45) is 4.46. The molecule has 0 unspecified atom stereocenters. The summed E-state index contributed by atoms with van der Waals surface area (Å²) < 4.78 is 10.2. The van der Waals surface area contributed by atoms with Gasteiger partial charge in [0.05, 0.1) is 18.9 Å². The van der Waals surface area contributed by atoms with Crippen molar-refractivity contribution in [2.45, 2.75) is 45.1 Å². The molecular weight excluding hydrogens is 208 g/mol. The van der Waals surface area contributed by atoms with Crippen LogP contribution in [-0.4, -0.2) is 24.6 Å². The molecule has 4 nitrogen and oxygen atoms in total. The highest BCUT2D eigenvalue weighted by Crippen LogP contribution is 2.40. The molecule has 0 aromatic carbocycles. The van der Waals surface area contributed by atoms with Gasteiger partial charge in [0.2, 0.25) is 0 Å². The second-order valence-corrected chi connectivity index (χ2v) is 4.54. The van der Waals surface area contributed by atoms with Crippen molar-refractivity contribution in [1.82, 2.24) is 0 Å². The minimum absolute atomic E-state index is 0.0562. The zero-order valence-electron chi connectivity index (χ0n) is 9.61. The van der Waals surface area contributed by atoms with Gasteiger partial charge in [-0.25, -0.2) is 0 Å². The fourth-order valence-corrected chi connectivity index (χ4v) is 2.78. The Morgan fingerprint density at radius 3 is 2.94 bits per heavy atom. The lowest BCUT2D eigenvalue weighted by atomic mass is 9.79. The molecule has 1 aliphatic carbocycles. The van der Waals surface area contributed by atoms with Crippen LogP contribution in [0, 0.1) is 11.8 Å². The summed E-state index contributed by atoms with van der Waals surface area (Å²) in [6.45, 7) is 2.14. The van der Waals surface area contributed by atoms with E-state index < -0.39 is 0 Å². The van der Waals surface area contributed by atoms with E-state index in [-0.39, 0.29) is 36.3 Å². The highest BCUT2D eigenvalue weighted by molar-refractivity contribution is 5.81. The largest absolute Gasteiger partial charge is 0.466 e. The molecule has 2 rings (SSSR count). The molecule has 0 radical (unpaired) electrons. The number of hydrogen-bond acceptors (Lipinski definition) is 4. The Bertz CT molecular complexity index is 287. The van der Waals surface area contributed by atoms with Gasteiger partial charge in [0.15, 0.2) is 0 Å². The quantitative estimate of drug-likeness (QED) is 0.687. The van der Waals surface area contributed by atoms with E-state index in [1.54, 1.807) is 6.92 Å². The van der Waals surface area contributed by atoms with Crippen molar-refractivity contribution < 1.29 is 19.1 Å². The fraction of sp³-hybridized carbons (Fsp3) is 0.833. The molecule has 90 valence electrons. The molecule has 0 N–H and O–H groups in total. The summed E-state index contributed by atoms with van der Waals surface area (Å²) in [5.41, 5.74) is 0. The SMILES string of the molecule is CCOC(=O)C[C@@H]1C(=O)O[C@@H]2CCCC[C@H]12. The van der Waals surface area contributed by atoms with Crippen LogP contribution in [0.25, 0.3) is 0 Å². The summed E-state index contributed by atoms with van der Waals surface area (Å²) in [7, 11) is 0. The van der Waals surface area contributed by atoms with Crippen LogP contribution in [0.2, 0.25) is 0 Å². The number of carbonyl (C=O) groups excluding carboxylic acids is 2. The first-order chi connectivity index (χ1) is 7.72. The lowest BCUT2D eigenvalue weighted by Crippen LogP contribution is -2.26. The van der Waals surface area contributed by atoms with Crippen molar-refractivity contribution in [3.05, 3.63) is 0 Å². The van der Waals surface area contributed by atoms with Crippen LogP contribution in [0.4, 0.5) is 0 Å². The standard InChI is InChI=1S/C12H18O4/c1-2-15-11(13)7-9-8-5-3-4-6-10(8)16-12(9)14/h8-10H,2-7H2,1H3/t8-,9+,10-/m1/s1. The molecule has 0 aromatic heterocycles. The van der Waals surface area contributed by atoms with Crippen LogP contribution in [0.1, 0.15) is 39.0 Å². The maximum absolute atomic E-state index is 11.7. The third kappa shape index (κ3) is 2.20. The van der Waals surface area contributed by atoms with Crippen molar-refractivity contribution in [2.24, 2.45) is 11.8 Å². The predicted molar refractivity (Wildman–Crippen MR) is 56.6 cm³/mol. The first kappa shape index (κ1) is 11.4. The van der Waals surface area contributed by atoms with E-state index in [0.29, 0.717) is 6.61 Å². The predicted octanol–water partition coefficient (Wildman–Crippen LogP) is 1.67. The number of hydrogen-bond donors (Lipinski definition) is 0. The second kappa shape index (κ2) is 4.85. The van der Waals surface area contributed by atoms with Crippen LogP contribution in [-0.2, 0) is 19.1 Å². The van der Waals surface area contributed by atoms with E-state index in [2.05, 4.69) is 0 Å². The van der Waals surface area contributed by atoms with Crippen LogP contribution in [0.5, 0.6) is 0 Å². The van der Waals surface area contributed by atoms with Crippen molar-refractivity contribution >= 4 is 11.9 Å². The average Bonchev–Trinajstić information content (AvgIpc) is 2.56. The smallest absolute Gasteiger partial charge is 0.310 e. The number of rotatable bonds is 3. The molecule has 4 heteroatoms. The van der Waals surface area contributed by atoms with Gasteiger partial charge < -0.3 is 9.47 Å². The molecule has 0 amide bonds. The van der Waals surface area contributed by atoms with Crippen molar-refractivity contribution in [3.63, 3.8) is 0 Å². The Balaban J connectivity index is 1.97. The maximum Gasteiger partial charge on any atom is 0.310 e. The first-order valence-electron chi connectivity index (χ1n) is 6.08. The summed E-state index contributed by atoms with van der Waals surface area (Å²) in [5.74, 6) is -0.504. The Kier molecular flexibility index (Phi) is 3.46. The van der Waals surface area contributed by atoms with Gasteiger partial charge >= 0.3 is 11.9 Å². The van der Waals surface area contributed by atoms with E-state index in [9.17, 15) is 9.59 Å². The summed E-state index contributed by atoms with van der Waals surface area (Å²) in [4.78, 5) is 23.0. The normalized spacial score (nSPS) is 33.1. The van der Waals surface area contributed by atoms with Crippen LogP contribution < -0.4 is 0 Å². The van der Waals surface area contributed by atoms with E-state index in [4.69, 9.17) is 9.47 Å². The Labute approximate surface area is 95.3 Å². The van der Waals surface area contributed by atoms with Gasteiger partial charge in [-0.1, -0.05) is 6.42 Å². The molecule has 1 saturated carbocycles. The zero-order valence-corrected chi connectivity index (χ0v) is 9.61. The molecule has 0 bridgehead atoms. The molecule has 1 heterocycles. The van der Waals surface area contributed by atoms with E-state index in [1.807, 2.05) is 0 Å².